The van der Waals surface area contributed by atoms with Crippen molar-refractivity contribution in [1.82, 2.24) is 0 Å². The SMILES string of the molecule is C=C(C)C(=O)OCCOS(=O)(=O)C=Cc1ccccc1.[NaH]. The van der Waals surface area contributed by atoms with Gasteiger partial charge in [0.15, 0.2) is 0 Å². The van der Waals surface area contributed by atoms with Crippen molar-refractivity contribution < 1.29 is 22.1 Å². The Labute approximate surface area is 147 Å². The second kappa shape index (κ2) is 9.92. The molecular formula is C14H17NaO5S. The van der Waals surface area contributed by atoms with Crippen LogP contribution in [0.25, 0.3) is 6.08 Å². The molecule has 0 aliphatic rings. The van der Waals surface area contributed by atoms with E-state index in [9.17, 15) is 13.2 Å². The Kier molecular flexibility index (Phi) is 9.48. The third-order valence-electron chi connectivity index (χ3n) is 2.14. The molecule has 0 radical (unpaired) electrons. The van der Waals surface area contributed by atoms with E-state index in [2.05, 4.69) is 10.8 Å². The maximum atomic E-state index is 11.5. The molecule has 7 heteroatoms. The molecule has 0 saturated heterocycles. The zero-order chi connectivity index (χ0) is 15.0. The third-order valence-corrected chi connectivity index (χ3v) is 3.10. The molecule has 0 heterocycles. The Hall–Kier alpha value is -0.920. The molecule has 0 bridgehead atoms. The molecular weight excluding hydrogens is 303 g/mol. The molecule has 0 aromatic heterocycles. The van der Waals surface area contributed by atoms with Crippen LogP contribution in [0.2, 0.25) is 0 Å². The van der Waals surface area contributed by atoms with Gasteiger partial charge in [-0.1, -0.05) is 36.9 Å². The molecule has 0 aliphatic heterocycles. The van der Waals surface area contributed by atoms with Gasteiger partial charge in [0.05, 0.1) is 5.41 Å². The van der Waals surface area contributed by atoms with Crippen LogP contribution in [0.4, 0.5) is 0 Å². The molecule has 0 aliphatic carbocycles. The number of hydrogen-bond donors (Lipinski definition) is 0. The number of carbonyl (C=O) groups is 1. The second-order valence-electron chi connectivity index (χ2n) is 3.94. The number of ether oxygens (including phenoxy) is 1. The van der Waals surface area contributed by atoms with E-state index in [-0.39, 0.29) is 48.3 Å². The summed E-state index contributed by atoms with van der Waals surface area (Å²) in [5.41, 5.74) is 0.991. The van der Waals surface area contributed by atoms with E-state index >= 15 is 0 Å². The molecule has 1 rings (SSSR count). The topological polar surface area (TPSA) is 69.7 Å². The van der Waals surface area contributed by atoms with E-state index in [1.54, 1.807) is 24.3 Å². The molecule has 0 fully saturated rings. The first-order chi connectivity index (χ1) is 9.41. The van der Waals surface area contributed by atoms with E-state index < -0.39 is 16.1 Å². The van der Waals surface area contributed by atoms with Gasteiger partial charge in [0.1, 0.15) is 13.2 Å². The minimum atomic E-state index is -3.79. The molecule has 1 aromatic carbocycles. The van der Waals surface area contributed by atoms with Crippen LogP contribution < -0.4 is 0 Å². The molecule has 0 amide bonds. The summed E-state index contributed by atoms with van der Waals surface area (Å²) < 4.78 is 32.4. The van der Waals surface area contributed by atoms with Gasteiger partial charge in [-0.3, -0.25) is 4.18 Å². The van der Waals surface area contributed by atoms with Crippen molar-refractivity contribution in [3.63, 3.8) is 0 Å². The summed E-state index contributed by atoms with van der Waals surface area (Å²) in [5.74, 6) is -0.578. The summed E-state index contributed by atoms with van der Waals surface area (Å²) in [7, 11) is -3.79. The summed E-state index contributed by atoms with van der Waals surface area (Å²) in [5, 5.41) is 0.961. The van der Waals surface area contributed by atoms with Crippen molar-refractivity contribution in [2.45, 2.75) is 6.92 Å². The van der Waals surface area contributed by atoms with Crippen LogP contribution in [0.5, 0.6) is 0 Å². The van der Waals surface area contributed by atoms with Crippen molar-refractivity contribution in [2.75, 3.05) is 13.2 Å². The van der Waals surface area contributed by atoms with Crippen LogP contribution in [0.15, 0.2) is 47.9 Å². The number of rotatable bonds is 7. The molecule has 0 saturated carbocycles. The predicted molar refractivity (Wildman–Crippen MR) is 83.3 cm³/mol. The molecule has 21 heavy (non-hydrogen) atoms. The van der Waals surface area contributed by atoms with Gasteiger partial charge in [0, 0.05) is 5.57 Å². The van der Waals surface area contributed by atoms with Crippen molar-refractivity contribution in [3.8, 4) is 0 Å². The average molecular weight is 320 g/mol. The quantitative estimate of drug-likeness (QED) is 0.250. The van der Waals surface area contributed by atoms with Crippen molar-refractivity contribution in [1.29, 1.82) is 0 Å². The molecule has 5 nitrogen and oxygen atoms in total. The van der Waals surface area contributed by atoms with Gasteiger partial charge in [0.25, 0.3) is 10.1 Å². The van der Waals surface area contributed by atoms with Gasteiger partial charge in [-0.05, 0) is 18.6 Å². The summed E-state index contributed by atoms with van der Waals surface area (Å²) in [4.78, 5) is 11.0. The first-order valence-electron chi connectivity index (χ1n) is 5.86. The van der Waals surface area contributed by atoms with Gasteiger partial charge in [0.2, 0.25) is 0 Å². The number of carbonyl (C=O) groups excluding carboxylic acids is 1. The summed E-state index contributed by atoms with van der Waals surface area (Å²) in [6.45, 7) is 4.52. The van der Waals surface area contributed by atoms with Gasteiger partial charge in [-0.2, -0.15) is 8.42 Å². The Morgan fingerprint density at radius 3 is 2.43 bits per heavy atom. The number of benzene rings is 1. The maximum absolute atomic E-state index is 11.5. The fourth-order valence-electron chi connectivity index (χ4n) is 1.17. The number of hydrogen-bond acceptors (Lipinski definition) is 5. The summed E-state index contributed by atoms with van der Waals surface area (Å²) >= 11 is 0. The predicted octanol–water partition coefficient (Wildman–Crippen LogP) is 1.47. The second-order valence-corrected chi connectivity index (χ2v) is 5.44. The normalized spacial score (nSPS) is 10.9. The van der Waals surface area contributed by atoms with Crippen LogP contribution in [0, 0.1) is 0 Å². The standard InChI is InChI=1S/C14H16O5S.Na.H/c1-12(2)14(15)18-9-10-19-20(16,17)11-8-13-6-4-3-5-7-13;;/h3-8,11H,1,9-10H2,2H3;;. The molecule has 0 spiro atoms. The van der Waals surface area contributed by atoms with E-state index in [1.807, 2.05) is 6.07 Å². The van der Waals surface area contributed by atoms with Crippen LogP contribution in [-0.2, 0) is 23.8 Å². The number of esters is 1. The first kappa shape index (κ1) is 20.1. The summed E-state index contributed by atoms with van der Waals surface area (Å²) in [6.07, 6.45) is 1.43. The van der Waals surface area contributed by atoms with E-state index in [1.165, 1.54) is 13.0 Å². The van der Waals surface area contributed by atoms with Gasteiger partial charge < -0.3 is 4.74 Å². The third kappa shape index (κ3) is 8.85. The van der Waals surface area contributed by atoms with Crippen molar-refractivity contribution >= 4 is 51.7 Å². The van der Waals surface area contributed by atoms with E-state index in [0.717, 1.165) is 11.0 Å². The Bertz CT molecular complexity index is 593. The molecule has 1 aromatic rings. The van der Waals surface area contributed by atoms with Crippen LogP contribution in [-0.4, -0.2) is 57.2 Å². The van der Waals surface area contributed by atoms with Gasteiger partial charge in [-0.25, -0.2) is 4.79 Å². The minimum absolute atomic E-state index is 0. The molecule has 0 atom stereocenters. The average Bonchev–Trinajstić information content (AvgIpc) is 2.42. The van der Waals surface area contributed by atoms with Gasteiger partial charge >= 0.3 is 35.5 Å². The van der Waals surface area contributed by atoms with E-state index in [4.69, 9.17) is 4.74 Å². The van der Waals surface area contributed by atoms with Crippen molar-refractivity contribution in [3.05, 3.63) is 53.5 Å². The van der Waals surface area contributed by atoms with E-state index in [0.29, 0.717) is 0 Å². The van der Waals surface area contributed by atoms with Crippen LogP contribution >= 0.6 is 0 Å². The zero-order valence-corrected chi connectivity index (χ0v) is 11.9. The molecule has 0 N–H and O–H groups in total. The zero-order valence-electron chi connectivity index (χ0n) is 11.1. The Morgan fingerprint density at radius 1 is 1.24 bits per heavy atom. The Balaban J connectivity index is 0.00000400. The monoisotopic (exact) mass is 320 g/mol. The van der Waals surface area contributed by atoms with Gasteiger partial charge in [-0.15, -0.1) is 0 Å². The first-order valence-corrected chi connectivity index (χ1v) is 7.33. The summed E-state index contributed by atoms with van der Waals surface area (Å²) in [6, 6.07) is 8.95. The molecule has 110 valence electrons. The fraction of sp³-hybridized carbons (Fsp3) is 0.214. The van der Waals surface area contributed by atoms with Crippen molar-refractivity contribution in [2.24, 2.45) is 0 Å². The van der Waals surface area contributed by atoms with Crippen LogP contribution in [0.1, 0.15) is 12.5 Å². The van der Waals surface area contributed by atoms with Crippen LogP contribution in [0.3, 0.4) is 0 Å². The Morgan fingerprint density at radius 2 is 1.86 bits per heavy atom. The molecule has 0 unspecified atom stereocenters. The fourth-order valence-corrected chi connectivity index (χ4v) is 1.88.